The van der Waals surface area contributed by atoms with Crippen LogP contribution in [0.5, 0.6) is 5.75 Å². The van der Waals surface area contributed by atoms with Gasteiger partial charge in [-0.05, 0) is 32.3 Å². The Morgan fingerprint density at radius 2 is 1.92 bits per heavy atom. The van der Waals surface area contributed by atoms with E-state index in [4.69, 9.17) is 9.84 Å². The summed E-state index contributed by atoms with van der Waals surface area (Å²) in [4.78, 5) is 45.9. The van der Waals surface area contributed by atoms with Crippen LogP contribution in [0.1, 0.15) is 41.0 Å². The van der Waals surface area contributed by atoms with Crippen molar-refractivity contribution in [1.29, 1.82) is 0 Å². The molecule has 0 spiro atoms. The molecule has 2 atom stereocenters. The van der Waals surface area contributed by atoms with Crippen molar-refractivity contribution in [2.24, 2.45) is 11.8 Å². The molecular weight excluding hydrogens is 314 g/mol. The Labute approximate surface area is 139 Å². The molecule has 1 aliphatic rings. The predicted octanol–water partition coefficient (Wildman–Crippen LogP) is 1.31. The average molecular weight is 333 g/mol. The fourth-order valence-electron chi connectivity index (χ4n) is 2.52. The molecule has 1 aromatic rings. The van der Waals surface area contributed by atoms with Crippen LogP contribution >= 0.6 is 0 Å². The molecule has 128 valence electrons. The maximum Gasteiger partial charge on any atom is 0.306 e. The number of hydrogen-bond donors (Lipinski definition) is 2. The zero-order valence-electron chi connectivity index (χ0n) is 13.5. The topological polar surface area (TPSA) is 110 Å². The van der Waals surface area contributed by atoms with Crippen molar-refractivity contribution in [3.05, 3.63) is 29.3 Å². The van der Waals surface area contributed by atoms with E-state index in [1.165, 1.54) is 26.0 Å². The Balaban J connectivity index is 1.93. The quantitative estimate of drug-likeness (QED) is 0.694. The highest BCUT2D eigenvalue weighted by atomic mass is 16.5. The number of carbonyl (C=O) groups is 4. The van der Waals surface area contributed by atoms with Gasteiger partial charge >= 0.3 is 5.97 Å². The van der Waals surface area contributed by atoms with E-state index in [-0.39, 0.29) is 53.4 Å². The van der Waals surface area contributed by atoms with Crippen molar-refractivity contribution in [3.63, 3.8) is 0 Å². The summed E-state index contributed by atoms with van der Waals surface area (Å²) in [6.07, 6.45) is 0.561. The minimum Gasteiger partial charge on any atom is -0.483 e. The van der Waals surface area contributed by atoms with Gasteiger partial charge in [0.25, 0.3) is 5.91 Å². The minimum atomic E-state index is -0.849. The highest BCUT2D eigenvalue weighted by molar-refractivity contribution is 6.09. The van der Waals surface area contributed by atoms with Gasteiger partial charge in [-0.3, -0.25) is 19.2 Å². The summed E-state index contributed by atoms with van der Waals surface area (Å²) in [5, 5.41) is 11.4. The van der Waals surface area contributed by atoms with E-state index in [1.54, 1.807) is 6.07 Å². The van der Waals surface area contributed by atoms with E-state index < -0.39 is 11.9 Å². The molecule has 0 radical (unpaired) electrons. The summed E-state index contributed by atoms with van der Waals surface area (Å²) in [6.45, 7) is 2.65. The number of ether oxygens (including phenoxy) is 1. The molecule has 2 unspecified atom stereocenters. The van der Waals surface area contributed by atoms with Crippen LogP contribution < -0.4 is 10.1 Å². The number of hydrogen-bond acceptors (Lipinski definition) is 5. The van der Waals surface area contributed by atoms with Crippen molar-refractivity contribution >= 4 is 23.4 Å². The zero-order chi connectivity index (χ0) is 17.9. The number of amides is 1. The lowest BCUT2D eigenvalue weighted by Crippen LogP contribution is -2.31. The highest BCUT2D eigenvalue weighted by Gasteiger charge is 2.42. The van der Waals surface area contributed by atoms with E-state index in [2.05, 4.69) is 5.32 Å². The molecule has 2 N–H and O–H groups in total. The number of carbonyl (C=O) groups excluding carboxylic acids is 3. The third-order valence-electron chi connectivity index (χ3n) is 3.92. The summed E-state index contributed by atoms with van der Waals surface area (Å²) < 4.78 is 5.38. The standard InChI is InChI=1S/C17H19NO6/c1-9(19)12-4-3-5-14(16(12)10(2)20)24-8-15(21)18-7-11-6-13(11)17(22)23/h3-5,11,13H,6-8H2,1-2H3,(H,18,21)(H,22,23). The van der Waals surface area contributed by atoms with Crippen molar-refractivity contribution in [2.45, 2.75) is 20.3 Å². The van der Waals surface area contributed by atoms with Crippen LogP contribution in [0, 0.1) is 11.8 Å². The first-order valence-electron chi connectivity index (χ1n) is 7.58. The molecule has 1 aromatic carbocycles. The SMILES string of the molecule is CC(=O)c1cccc(OCC(=O)NCC2CC2C(=O)O)c1C(C)=O. The second-order valence-corrected chi connectivity index (χ2v) is 5.82. The van der Waals surface area contributed by atoms with Gasteiger partial charge < -0.3 is 15.2 Å². The molecule has 7 heteroatoms. The van der Waals surface area contributed by atoms with Crippen LogP contribution in [-0.2, 0) is 9.59 Å². The molecule has 0 aliphatic heterocycles. The lowest BCUT2D eigenvalue weighted by Gasteiger charge is -2.12. The van der Waals surface area contributed by atoms with Crippen LogP contribution in [0.25, 0.3) is 0 Å². The molecule has 1 amide bonds. The lowest BCUT2D eigenvalue weighted by molar-refractivity contribution is -0.139. The van der Waals surface area contributed by atoms with E-state index in [9.17, 15) is 19.2 Å². The largest absolute Gasteiger partial charge is 0.483 e. The van der Waals surface area contributed by atoms with Crippen LogP contribution in [0.3, 0.4) is 0 Å². The number of aliphatic carboxylic acids is 1. The van der Waals surface area contributed by atoms with Crippen LogP contribution in [0.4, 0.5) is 0 Å². The first kappa shape index (κ1) is 17.7. The number of carboxylic acids is 1. The summed E-state index contributed by atoms with van der Waals surface area (Å²) in [7, 11) is 0. The van der Waals surface area contributed by atoms with Gasteiger partial charge in [-0.2, -0.15) is 0 Å². The smallest absolute Gasteiger partial charge is 0.306 e. The van der Waals surface area contributed by atoms with Gasteiger partial charge in [-0.15, -0.1) is 0 Å². The lowest BCUT2D eigenvalue weighted by atomic mass is 10.0. The van der Waals surface area contributed by atoms with Gasteiger partial charge in [-0.25, -0.2) is 0 Å². The van der Waals surface area contributed by atoms with Crippen molar-refractivity contribution in [3.8, 4) is 5.75 Å². The maximum absolute atomic E-state index is 11.8. The van der Waals surface area contributed by atoms with Gasteiger partial charge in [0.1, 0.15) is 5.75 Å². The van der Waals surface area contributed by atoms with Gasteiger partial charge in [0.15, 0.2) is 18.2 Å². The summed E-state index contributed by atoms with van der Waals surface area (Å²) >= 11 is 0. The molecule has 1 aliphatic carbocycles. The van der Waals surface area contributed by atoms with E-state index in [1.807, 2.05) is 0 Å². The molecule has 0 aromatic heterocycles. The number of benzene rings is 1. The Hall–Kier alpha value is -2.70. The number of ketones is 2. The molecule has 2 rings (SSSR count). The van der Waals surface area contributed by atoms with Crippen LogP contribution in [0.15, 0.2) is 18.2 Å². The van der Waals surface area contributed by atoms with Gasteiger partial charge in [0, 0.05) is 12.1 Å². The van der Waals surface area contributed by atoms with E-state index in [0.29, 0.717) is 6.42 Å². The third kappa shape index (κ3) is 4.18. The normalized spacial score (nSPS) is 18.6. The van der Waals surface area contributed by atoms with E-state index >= 15 is 0 Å². The Kier molecular flexibility index (Phi) is 5.33. The molecule has 7 nitrogen and oxygen atoms in total. The number of carboxylic acid groups (broad SMARTS) is 1. The molecule has 0 bridgehead atoms. The van der Waals surface area contributed by atoms with Crippen LogP contribution in [0.2, 0.25) is 0 Å². The first-order valence-corrected chi connectivity index (χ1v) is 7.58. The summed E-state index contributed by atoms with van der Waals surface area (Å²) in [5.41, 5.74) is 0.411. The van der Waals surface area contributed by atoms with Crippen LogP contribution in [-0.4, -0.2) is 41.7 Å². The van der Waals surface area contributed by atoms with Gasteiger partial charge in [0.2, 0.25) is 0 Å². The van der Waals surface area contributed by atoms with E-state index in [0.717, 1.165) is 0 Å². The highest BCUT2D eigenvalue weighted by Crippen LogP contribution is 2.37. The molecule has 0 heterocycles. The Morgan fingerprint density at radius 3 is 2.46 bits per heavy atom. The average Bonchev–Trinajstić information content (AvgIpc) is 3.30. The van der Waals surface area contributed by atoms with Crippen molar-refractivity contribution < 1.29 is 29.0 Å². The maximum atomic E-state index is 11.8. The molecule has 0 saturated heterocycles. The van der Waals surface area contributed by atoms with Crippen molar-refractivity contribution in [2.75, 3.05) is 13.2 Å². The minimum absolute atomic E-state index is 0.0414. The Bertz CT molecular complexity index is 696. The Morgan fingerprint density at radius 1 is 1.21 bits per heavy atom. The fourth-order valence-corrected chi connectivity index (χ4v) is 2.52. The molecular formula is C17H19NO6. The number of nitrogens with one attached hydrogen (secondary N) is 1. The van der Waals surface area contributed by atoms with Gasteiger partial charge in [-0.1, -0.05) is 12.1 Å². The molecule has 1 fully saturated rings. The number of Topliss-reactive ketones (excluding diaryl/α,β-unsaturated/α-hetero) is 2. The second kappa shape index (κ2) is 7.25. The third-order valence-corrected chi connectivity index (χ3v) is 3.92. The molecule has 1 saturated carbocycles. The predicted molar refractivity (Wildman–Crippen MR) is 84.2 cm³/mol. The zero-order valence-corrected chi connectivity index (χ0v) is 13.5. The summed E-state index contributed by atoms with van der Waals surface area (Å²) in [6, 6.07) is 4.64. The first-order chi connectivity index (χ1) is 11.3. The van der Waals surface area contributed by atoms with Crippen molar-refractivity contribution in [1.82, 2.24) is 5.32 Å². The number of rotatable bonds is 8. The fraction of sp³-hybridized carbons (Fsp3) is 0.412. The monoisotopic (exact) mass is 333 g/mol. The summed E-state index contributed by atoms with van der Waals surface area (Å²) in [5.74, 6) is -2.09. The van der Waals surface area contributed by atoms with Gasteiger partial charge in [0.05, 0.1) is 11.5 Å². The molecule has 24 heavy (non-hydrogen) atoms. The second-order valence-electron chi connectivity index (χ2n) is 5.82.